The second-order valence-electron chi connectivity index (χ2n) is 5.20. The molecule has 1 aromatic rings. The molecule has 1 amide bonds. The van der Waals surface area contributed by atoms with E-state index in [1.165, 1.54) is 0 Å². The summed E-state index contributed by atoms with van der Waals surface area (Å²) in [5.41, 5.74) is 0.491. The fourth-order valence-electron chi connectivity index (χ4n) is 2.46. The Morgan fingerprint density at radius 2 is 2.25 bits per heavy atom. The molecule has 1 fully saturated rings. The number of rotatable bonds is 6. The van der Waals surface area contributed by atoms with Crippen LogP contribution in [0.15, 0.2) is 24.4 Å². The maximum atomic E-state index is 11.9. The summed E-state index contributed by atoms with van der Waals surface area (Å²) < 4.78 is 5.09. The van der Waals surface area contributed by atoms with E-state index in [4.69, 9.17) is 4.74 Å². The van der Waals surface area contributed by atoms with Crippen LogP contribution in [0, 0.1) is 5.92 Å². The highest BCUT2D eigenvalue weighted by atomic mass is 16.5. The molecule has 0 aromatic carbocycles. The zero-order valence-electron chi connectivity index (χ0n) is 12.0. The molecule has 2 rings (SSSR count). The van der Waals surface area contributed by atoms with Gasteiger partial charge in [0.2, 0.25) is 0 Å². The van der Waals surface area contributed by atoms with Gasteiger partial charge in [-0.1, -0.05) is 6.07 Å². The van der Waals surface area contributed by atoms with Gasteiger partial charge in [0.25, 0.3) is 5.91 Å². The van der Waals surface area contributed by atoms with E-state index in [-0.39, 0.29) is 5.91 Å². The van der Waals surface area contributed by atoms with Gasteiger partial charge in [0.15, 0.2) is 0 Å². The summed E-state index contributed by atoms with van der Waals surface area (Å²) in [5, 5.41) is 2.98. The molecule has 0 bridgehead atoms. The predicted octanol–water partition coefficient (Wildman–Crippen LogP) is 1.17. The molecule has 1 aromatic heterocycles. The number of nitrogens with one attached hydrogen (secondary N) is 1. The van der Waals surface area contributed by atoms with Crippen LogP contribution >= 0.6 is 0 Å². The van der Waals surface area contributed by atoms with Crippen LogP contribution in [0.5, 0.6) is 0 Å². The lowest BCUT2D eigenvalue weighted by molar-refractivity contribution is 0.0921. The molecular weight excluding hydrogens is 254 g/mol. The number of pyridine rings is 1. The van der Waals surface area contributed by atoms with Crippen LogP contribution in [0.1, 0.15) is 23.3 Å². The zero-order chi connectivity index (χ0) is 14.2. The van der Waals surface area contributed by atoms with Crippen molar-refractivity contribution in [1.82, 2.24) is 15.2 Å². The number of piperidine rings is 1. The van der Waals surface area contributed by atoms with E-state index < -0.39 is 0 Å². The zero-order valence-corrected chi connectivity index (χ0v) is 12.0. The third-order valence-electron chi connectivity index (χ3n) is 3.77. The maximum Gasteiger partial charge on any atom is 0.269 e. The summed E-state index contributed by atoms with van der Waals surface area (Å²) in [6.45, 7) is 4.72. The average molecular weight is 277 g/mol. The summed E-state index contributed by atoms with van der Waals surface area (Å²) in [6, 6.07) is 5.38. The molecule has 0 saturated carbocycles. The highest BCUT2D eigenvalue weighted by Gasteiger charge is 2.19. The molecule has 2 heterocycles. The Morgan fingerprint density at radius 1 is 1.45 bits per heavy atom. The van der Waals surface area contributed by atoms with Gasteiger partial charge < -0.3 is 15.0 Å². The van der Waals surface area contributed by atoms with Gasteiger partial charge in [0, 0.05) is 26.4 Å². The number of aromatic nitrogens is 1. The van der Waals surface area contributed by atoms with Gasteiger partial charge >= 0.3 is 0 Å². The third-order valence-corrected chi connectivity index (χ3v) is 3.77. The number of amides is 1. The normalized spacial score (nSPS) is 17.1. The SMILES string of the molecule is COCCN1CCC(CNC(=O)c2ccccn2)CC1. The van der Waals surface area contributed by atoms with Gasteiger partial charge in [-0.15, -0.1) is 0 Å². The van der Waals surface area contributed by atoms with Gasteiger partial charge in [-0.05, 0) is 44.0 Å². The molecule has 0 radical (unpaired) electrons. The number of likely N-dealkylation sites (tertiary alicyclic amines) is 1. The van der Waals surface area contributed by atoms with Crippen molar-refractivity contribution in [3.63, 3.8) is 0 Å². The van der Waals surface area contributed by atoms with Crippen LogP contribution < -0.4 is 5.32 Å². The summed E-state index contributed by atoms with van der Waals surface area (Å²) in [4.78, 5) is 18.4. The van der Waals surface area contributed by atoms with Crippen LogP contribution in [0.4, 0.5) is 0 Å². The molecule has 1 aliphatic rings. The molecule has 1 aliphatic heterocycles. The first-order chi connectivity index (χ1) is 9.79. The second kappa shape index (κ2) is 7.97. The first-order valence-electron chi connectivity index (χ1n) is 7.20. The van der Waals surface area contributed by atoms with Crippen molar-refractivity contribution in [1.29, 1.82) is 0 Å². The highest BCUT2D eigenvalue weighted by Crippen LogP contribution is 2.16. The van der Waals surface area contributed by atoms with Gasteiger partial charge in [-0.3, -0.25) is 9.78 Å². The molecule has 1 N–H and O–H groups in total. The molecule has 0 atom stereocenters. The lowest BCUT2D eigenvalue weighted by Gasteiger charge is -2.31. The van der Waals surface area contributed by atoms with Crippen LogP contribution in [-0.2, 0) is 4.74 Å². The Balaban J connectivity index is 1.67. The number of hydrogen-bond acceptors (Lipinski definition) is 4. The van der Waals surface area contributed by atoms with Crippen molar-refractivity contribution >= 4 is 5.91 Å². The van der Waals surface area contributed by atoms with Gasteiger partial charge in [-0.25, -0.2) is 0 Å². The first-order valence-corrected chi connectivity index (χ1v) is 7.20. The minimum atomic E-state index is -0.0765. The number of carbonyl (C=O) groups excluding carboxylic acids is 1. The first kappa shape index (κ1) is 14.9. The lowest BCUT2D eigenvalue weighted by Crippen LogP contribution is -2.39. The van der Waals surface area contributed by atoms with Crippen molar-refractivity contribution in [3.8, 4) is 0 Å². The lowest BCUT2D eigenvalue weighted by atomic mass is 9.97. The van der Waals surface area contributed by atoms with E-state index in [1.807, 2.05) is 12.1 Å². The Labute approximate surface area is 120 Å². The second-order valence-corrected chi connectivity index (χ2v) is 5.20. The van der Waals surface area contributed by atoms with Crippen molar-refractivity contribution in [3.05, 3.63) is 30.1 Å². The van der Waals surface area contributed by atoms with Gasteiger partial charge in [0.1, 0.15) is 5.69 Å². The summed E-state index contributed by atoms with van der Waals surface area (Å²) in [6.07, 6.45) is 3.90. The Hall–Kier alpha value is -1.46. The van der Waals surface area contributed by atoms with Gasteiger partial charge in [-0.2, -0.15) is 0 Å². The smallest absolute Gasteiger partial charge is 0.269 e. The van der Waals surface area contributed by atoms with E-state index in [0.29, 0.717) is 11.6 Å². The summed E-state index contributed by atoms with van der Waals surface area (Å²) >= 11 is 0. The molecule has 20 heavy (non-hydrogen) atoms. The summed E-state index contributed by atoms with van der Waals surface area (Å²) in [7, 11) is 1.74. The van der Waals surface area contributed by atoms with Crippen molar-refractivity contribution in [2.24, 2.45) is 5.92 Å². The number of hydrogen-bond donors (Lipinski definition) is 1. The molecule has 0 spiro atoms. The molecule has 1 saturated heterocycles. The van der Waals surface area contributed by atoms with Crippen molar-refractivity contribution in [2.45, 2.75) is 12.8 Å². The molecule has 5 heteroatoms. The van der Waals surface area contributed by atoms with Crippen LogP contribution in [0.3, 0.4) is 0 Å². The largest absolute Gasteiger partial charge is 0.383 e. The van der Waals surface area contributed by atoms with Crippen LogP contribution in [-0.4, -0.2) is 55.7 Å². The fourth-order valence-corrected chi connectivity index (χ4v) is 2.46. The Morgan fingerprint density at radius 3 is 2.90 bits per heavy atom. The fraction of sp³-hybridized carbons (Fsp3) is 0.600. The molecule has 0 unspecified atom stereocenters. The predicted molar refractivity (Wildman–Crippen MR) is 77.6 cm³/mol. The molecule has 5 nitrogen and oxygen atoms in total. The van der Waals surface area contributed by atoms with E-state index in [1.54, 1.807) is 19.4 Å². The Bertz CT molecular complexity index is 403. The molecular formula is C15H23N3O2. The molecule has 0 aliphatic carbocycles. The maximum absolute atomic E-state index is 11.9. The topological polar surface area (TPSA) is 54.5 Å². The minimum absolute atomic E-state index is 0.0765. The number of nitrogens with zero attached hydrogens (tertiary/aromatic N) is 2. The monoisotopic (exact) mass is 277 g/mol. The van der Waals surface area contributed by atoms with Gasteiger partial charge in [0.05, 0.1) is 6.61 Å². The van der Waals surface area contributed by atoms with Crippen LogP contribution in [0.25, 0.3) is 0 Å². The Kier molecular flexibility index (Phi) is 5.95. The van der Waals surface area contributed by atoms with E-state index >= 15 is 0 Å². The standard InChI is InChI=1S/C15H23N3O2/c1-20-11-10-18-8-5-13(6-9-18)12-17-15(19)14-4-2-3-7-16-14/h2-4,7,13H,5-6,8-12H2,1H3,(H,17,19). The number of carbonyl (C=O) groups is 1. The highest BCUT2D eigenvalue weighted by molar-refractivity contribution is 5.92. The van der Waals surface area contributed by atoms with E-state index in [2.05, 4.69) is 15.2 Å². The van der Waals surface area contributed by atoms with Crippen molar-refractivity contribution < 1.29 is 9.53 Å². The quantitative estimate of drug-likeness (QED) is 0.848. The minimum Gasteiger partial charge on any atom is -0.383 e. The molecule has 110 valence electrons. The van der Waals surface area contributed by atoms with E-state index in [0.717, 1.165) is 45.6 Å². The van der Waals surface area contributed by atoms with E-state index in [9.17, 15) is 4.79 Å². The third kappa shape index (κ3) is 4.58. The number of ether oxygens (including phenoxy) is 1. The number of methoxy groups -OCH3 is 1. The van der Waals surface area contributed by atoms with Crippen LogP contribution in [0.2, 0.25) is 0 Å². The summed E-state index contributed by atoms with van der Waals surface area (Å²) in [5.74, 6) is 0.494. The average Bonchev–Trinajstić information content (AvgIpc) is 2.52. The van der Waals surface area contributed by atoms with Crippen molar-refractivity contribution in [2.75, 3.05) is 39.9 Å².